The van der Waals surface area contributed by atoms with Crippen molar-refractivity contribution in [3.8, 4) is 0 Å². The molecule has 1 rings (SSSR count). The number of rotatable bonds is 2. The maximum Gasteiger partial charge on any atom is 0.417 e. The number of quaternary nitrogens is 1. The Labute approximate surface area is 99.5 Å². The third-order valence-corrected chi connectivity index (χ3v) is 2.91. The molecular formula is C9H12F4NO4+. The van der Waals surface area contributed by atoms with Crippen LogP contribution in [0, 0.1) is 0 Å². The Morgan fingerprint density at radius 2 is 1.67 bits per heavy atom. The van der Waals surface area contributed by atoms with Crippen LogP contribution in [-0.4, -0.2) is 59.7 Å². The fourth-order valence-electron chi connectivity index (χ4n) is 2.17. The van der Waals surface area contributed by atoms with Gasteiger partial charge in [-0.15, -0.1) is 0 Å². The van der Waals surface area contributed by atoms with Crippen LogP contribution in [0.3, 0.4) is 0 Å². The SMILES string of the molecule is CC(=O)OC1(C(=O)O)C(F)(F)C(F)(F)C[N+]1(C)C. The molecule has 9 heteroatoms. The van der Waals surface area contributed by atoms with E-state index in [9.17, 15) is 27.2 Å². The minimum atomic E-state index is -5.01. The van der Waals surface area contributed by atoms with E-state index < -0.39 is 40.5 Å². The zero-order valence-electron chi connectivity index (χ0n) is 9.84. The number of carbonyl (C=O) groups excluding carboxylic acids is 1. The van der Waals surface area contributed by atoms with Crippen LogP contribution in [-0.2, 0) is 14.3 Å². The topological polar surface area (TPSA) is 63.6 Å². The quantitative estimate of drug-likeness (QED) is 0.457. The van der Waals surface area contributed by atoms with Crippen molar-refractivity contribution >= 4 is 11.9 Å². The second-order valence-electron chi connectivity index (χ2n) is 4.66. The summed E-state index contributed by atoms with van der Waals surface area (Å²) in [5.74, 6) is -13.3. The van der Waals surface area contributed by atoms with E-state index in [-0.39, 0.29) is 0 Å². The molecule has 1 fully saturated rings. The van der Waals surface area contributed by atoms with E-state index >= 15 is 0 Å². The molecule has 1 atom stereocenters. The van der Waals surface area contributed by atoms with E-state index in [0.29, 0.717) is 6.92 Å². The van der Waals surface area contributed by atoms with E-state index in [1.165, 1.54) is 0 Å². The van der Waals surface area contributed by atoms with Crippen molar-refractivity contribution in [1.82, 2.24) is 0 Å². The Kier molecular flexibility index (Phi) is 2.90. The number of alkyl halides is 4. The predicted octanol–water partition coefficient (Wildman–Crippen LogP) is 0.691. The van der Waals surface area contributed by atoms with Crippen molar-refractivity contribution in [2.75, 3.05) is 20.6 Å². The summed E-state index contributed by atoms with van der Waals surface area (Å²) in [4.78, 5) is 21.9. The van der Waals surface area contributed by atoms with Gasteiger partial charge in [0.1, 0.15) is 0 Å². The van der Waals surface area contributed by atoms with Gasteiger partial charge in [-0.1, -0.05) is 0 Å². The van der Waals surface area contributed by atoms with E-state index in [1.54, 1.807) is 0 Å². The van der Waals surface area contributed by atoms with E-state index in [4.69, 9.17) is 5.11 Å². The number of esters is 1. The van der Waals surface area contributed by atoms with Gasteiger partial charge in [0, 0.05) is 6.92 Å². The number of halogens is 4. The average molecular weight is 274 g/mol. The zero-order valence-corrected chi connectivity index (χ0v) is 9.84. The van der Waals surface area contributed by atoms with Crippen molar-refractivity contribution in [1.29, 1.82) is 0 Å². The van der Waals surface area contributed by atoms with E-state index in [0.717, 1.165) is 14.1 Å². The number of aliphatic carboxylic acids is 1. The number of hydrogen-bond acceptors (Lipinski definition) is 3. The third kappa shape index (κ3) is 1.49. The monoisotopic (exact) mass is 274 g/mol. The Morgan fingerprint density at radius 1 is 1.22 bits per heavy atom. The highest BCUT2D eigenvalue weighted by Gasteiger charge is 2.90. The Hall–Kier alpha value is -1.38. The normalized spacial score (nSPS) is 31.9. The number of hydrogen-bond donors (Lipinski definition) is 1. The summed E-state index contributed by atoms with van der Waals surface area (Å²) < 4.78 is 56.8. The molecule has 0 amide bonds. The number of likely N-dealkylation sites (N-methyl/N-ethyl adjacent to an activating group) is 1. The second-order valence-corrected chi connectivity index (χ2v) is 4.66. The van der Waals surface area contributed by atoms with Crippen LogP contribution in [0.4, 0.5) is 17.6 Å². The first-order chi connectivity index (χ1) is 7.82. The standard InChI is InChI=1S/C9H11F4NO4/c1-5(15)18-8(6(16)17)9(12,13)7(10,11)4-14(8,2)3/h4H2,1-3H3/p+1. The minimum absolute atomic E-state index is 0.678. The van der Waals surface area contributed by atoms with Gasteiger partial charge < -0.3 is 9.84 Å². The summed E-state index contributed by atoms with van der Waals surface area (Å²) in [6.07, 6.45) is 0. The highest BCUT2D eigenvalue weighted by Crippen LogP contribution is 2.55. The summed E-state index contributed by atoms with van der Waals surface area (Å²) in [5.41, 5.74) is -3.64. The number of carboxylic acid groups (broad SMARTS) is 1. The van der Waals surface area contributed by atoms with Crippen LogP contribution in [0.25, 0.3) is 0 Å². The van der Waals surface area contributed by atoms with Crippen molar-refractivity contribution in [2.24, 2.45) is 0 Å². The van der Waals surface area contributed by atoms with Gasteiger partial charge >= 0.3 is 29.5 Å². The fraction of sp³-hybridized carbons (Fsp3) is 0.778. The molecule has 1 unspecified atom stereocenters. The molecule has 0 aromatic rings. The molecule has 0 bridgehead atoms. The van der Waals surface area contributed by atoms with Crippen LogP contribution in [0.2, 0.25) is 0 Å². The summed E-state index contributed by atoms with van der Waals surface area (Å²) in [6.45, 7) is -0.781. The fourth-order valence-corrected chi connectivity index (χ4v) is 2.17. The summed E-state index contributed by atoms with van der Waals surface area (Å²) in [7, 11) is 1.68. The highest BCUT2D eigenvalue weighted by atomic mass is 19.3. The molecule has 1 heterocycles. The molecule has 0 aromatic heterocycles. The molecule has 5 nitrogen and oxygen atoms in total. The van der Waals surface area contributed by atoms with Gasteiger partial charge in [0.15, 0.2) is 6.54 Å². The molecule has 0 radical (unpaired) electrons. The minimum Gasteiger partial charge on any atom is -0.474 e. The number of likely N-dealkylation sites (tertiary alicyclic amines) is 1. The second kappa shape index (κ2) is 3.56. The first kappa shape index (κ1) is 14.7. The smallest absolute Gasteiger partial charge is 0.417 e. The van der Waals surface area contributed by atoms with Gasteiger partial charge in [-0.05, 0) is 0 Å². The van der Waals surface area contributed by atoms with Gasteiger partial charge in [0.25, 0.3) is 0 Å². The van der Waals surface area contributed by atoms with Crippen LogP contribution >= 0.6 is 0 Å². The molecule has 1 aliphatic rings. The summed E-state index contributed by atoms with van der Waals surface area (Å²) >= 11 is 0. The molecule has 1 saturated heterocycles. The summed E-state index contributed by atoms with van der Waals surface area (Å²) in [5, 5.41) is 8.91. The van der Waals surface area contributed by atoms with Gasteiger partial charge in [-0.25, -0.2) is 4.79 Å². The lowest BCUT2D eigenvalue weighted by Crippen LogP contribution is -2.69. The maximum absolute atomic E-state index is 13.7. The largest absolute Gasteiger partial charge is 0.474 e. The van der Waals surface area contributed by atoms with Gasteiger partial charge in [-0.3, -0.25) is 9.28 Å². The first-order valence-electron chi connectivity index (χ1n) is 4.83. The molecule has 0 spiro atoms. The predicted molar refractivity (Wildman–Crippen MR) is 49.0 cm³/mol. The first-order valence-corrected chi connectivity index (χ1v) is 4.83. The highest BCUT2D eigenvalue weighted by molar-refractivity contribution is 5.81. The van der Waals surface area contributed by atoms with Gasteiger partial charge in [-0.2, -0.15) is 17.6 Å². The zero-order chi connectivity index (χ0) is 14.6. The van der Waals surface area contributed by atoms with Crippen LogP contribution in [0.5, 0.6) is 0 Å². The molecule has 0 saturated carbocycles. The molecular weight excluding hydrogens is 262 g/mol. The van der Waals surface area contributed by atoms with Crippen LogP contribution in [0.15, 0.2) is 0 Å². The van der Waals surface area contributed by atoms with Crippen molar-refractivity contribution in [2.45, 2.75) is 24.5 Å². The number of carboxylic acids is 1. The van der Waals surface area contributed by atoms with Crippen molar-refractivity contribution in [3.63, 3.8) is 0 Å². The molecule has 0 aliphatic carbocycles. The van der Waals surface area contributed by atoms with Crippen LogP contribution in [0.1, 0.15) is 6.92 Å². The van der Waals surface area contributed by atoms with E-state index in [2.05, 4.69) is 4.74 Å². The van der Waals surface area contributed by atoms with Gasteiger partial charge in [0.2, 0.25) is 0 Å². The average Bonchev–Trinajstić information content (AvgIpc) is 2.18. The summed E-state index contributed by atoms with van der Waals surface area (Å²) in [6, 6.07) is 0. The Morgan fingerprint density at radius 3 is 1.89 bits per heavy atom. The lowest BCUT2D eigenvalue weighted by atomic mass is 10.0. The molecule has 18 heavy (non-hydrogen) atoms. The number of ether oxygens (including phenoxy) is 1. The lowest BCUT2D eigenvalue weighted by Gasteiger charge is -2.38. The third-order valence-electron chi connectivity index (χ3n) is 2.91. The van der Waals surface area contributed by atoms with Gasteiger partial charge in [0.05, 0.1) is 14.1 Å². The van der Waals surface area contributed by atoms with E-state index in [1.807, 2.05) is 0 Å². The Balaban J connectivity index is 3.55. The molecule has 0 aromatic carbocycles. The van der Waals surface area contributed by atoms with Crippen LogP contribution < -0.4 is 0 Å². The number of carbonyl (C=O) groups is 2. The lowest BCUT2D eigenvalue weighted by molar-refractivity contribution is -0.948. The molecule has 1 aliphatic heterocycles. The Bertz CT molecular complexity index is 409. The molecule has 104 valence electrons. The number of nitrogens with zero attached hydrogens (tertiary/aromatic N) is 1. The maximum atomic E-state index is 13.7. The van der Waals surface area contributed by atoms with Crippen molar-refractivity contribution < 1.29 is 41.5 Å². The van der Waals surface area contributed by atoms with Crippen molar-refractivity contribution in [3.05, 3.63) is 0 Å². The molecule has 1 N–H and O–H groups in total.